The maximum Gasteiger partial charge on any atom is 0.226 e. The van der Waals surface area contributed by atoms with Crippen molar-refractivity contribution in [3.8, 4) is 11.6 Å². The molecule has 0 spiro atoms. The third-order valence-corrected chi connectivity index (χ3v) is 6.22. The maximum atomic E-state index is 13.1. The lowest BCUT2D eigenvalue weighted by Gasteiger charge is -2.41. The molecular weight excluding hydrogens is 412 g/mol. The lowest BCUT2D eigenvalue weighted by molar-refractivity contribution is -0.138. The van der Waals surface area contributed by atoms with Crippen molar-refractivity contribution in [1.82, 2.24) is 14.9 Å². The van der Waals surface area contributed by atoms with Crippen LogP contribution in [-0.4, -0.2) is 46.5 Å². The summed E-state index contributed by atoms with van der Waals surface area (Å²) in [7, 11) is 0. The van der Waals surface area contributed by atoms with Gasteiger partial charge in [0.05, 0.1) is 5.02 Å². The van der Waals surface area contributed by atoms with E-state index < -0.39 is 0 Å². The minimum Gasteiger partial charge on any atom is -0.437 e. The molecule has 0 saturated carbocycles. The number of rotatable bonds is 8. The summed E-state index contributed by atoms with van der Waals surface area (Å²) in [6.07, 6.45) is 5.62. The number of carbonyl (C=O) groups excluding carboxylic acids is 1. The Labute approximate surface area is 190 Å². The lowest BCUT2D eigenvalue weighted by atomic mass is 9.96. The van der Waals surface area contributed by atoms with Gasteiger partial charge in [-0.05, 0) is 44.4 Å². The highest BCUT2D eigenvalue weighted by atomic mass is 35.5. The van der Waals surface area contributed by atoms with Crippen LogP contribution in [0.5, 0.6) is 11.6 Å². The monoisotopic (exact) mass is 444 g/mol. The van der Waals surface area contributed by atoms with E-state index in [9.17, 15) is 4.79 Å². The van der Waals surface area contributed by atoms with E-state index in [2.05, 4.69) is 35.6 Å². The van der Waals surface area contributed by atoms with Gasteiger partial charge < -0.3 is 14.5 Å². The maximum absolute atomic E-state index is 13.1. The third kappa shape index (κ3) is 5.88. The molecule has 1 aliphatic heterocycles. The van der Waals surface area contributed by atoms with Crippen molar-refractivity contribution in [2.75, 3.05) is 24.5 Å². The van der Waals surface area contributed by atoms with Gasteiger partial charge in [0, 0.05) is 37.7 Å². The van der Waals surface area contributed by atoms with Crippen LogP contribution in [0.4, 0.5) is 5.82 Å². The third-order valence-electron chi connectivity index (χ3n) is 5.91. The zero-order valence-electron chi connectivity index (χ0n) is 19.0. The topological polar surface area (TPSA) is 58.6 Å². The molecule has 1 amide bonds. The second-order valence-corrected chi connectivity index (χ2v) is 8.73. The first kappa shape index (κ1) is 23.3. The average Bonchev–Trinajstić information content (AvgIpc) is 2.77. The van der Waals surface area contributed by atoms with E-state index in [1.165, 1.54) is 6.33 Å². The Balaban J connectivity index is 1.67. The number of ether oxygens (including phenoxy) is 1. The molecule has 3 rings (SSSR count). The Bertz CT molecular complexity index is 892. The Morgan fingerprint density at radius 2 is 2.06 bits per heavy atom. The largest absolute Gasteiger partial charge is 0.437 e. The van der Waals surface area contributed by atoms with Crippen LogP contribution >= 0.6 is 11.6 Å². The van der Waals surface area contributed by atoms with Crippen molar-refractivity contribution in [2.45, 2.75) is 59.4 Å². The molecule has 7 heteroatoms. The van der Waals surface area contributed by atoms with Crippen LogP contribution in [0.1, 0.15) is 52.0 Å². The molecule has 0 bridgehead atoms. The van der Waals surface area contributed by atoms with E-state index >= 15 is 0 Å². The van der Waals surface area contributed by atoms with Gasteiger partial charge in [-0.3, -0.25) is 4.79 Å². The van der Waals surface area contributed by atoms with Crippen molar-refractivity contribution < 1.29 is 9.53 Å². The normalized spacial score (nSPS) is 17.5. The number of unbranched alkanes of at least 4 members (excludes halogenated alkanes) is 1. The number of aromatic nitrogens is 2. The highest BCUT2D eigenvalue weighted by molar-refractivity contribution is 6.32. The minimum atomic E-state index is 0.127. The van der Waals surface area contributed by atoms with Crippen molar-refractivity contribution in [2.24, 2.45) is 5.92 Å². The minimum absolute atomic E-state index is 0.127. The van der Waals surface area contributed by atoms with E-state index in [0.29, 0.717) is 29.1 Å². The molecular formula is C24H33ClN4O2. The van der Waals surface area contributed by atoms with E-state index in [4.69, 9.17) is 16.3 Å². The summed E-state index contributed by atoms with van der Waals surface area (Å²) in [5.74, 6) is 2.25. The molecule has 168 valence electrons. The van der Waals surface area contributed by atoms with Crippen LogP contribution in [-0.2, 0) is 4.79 Å². The molecule has 6 nitrogen and oxygen atoms in total. The summed E-state index contributed by atoms with van der Waals surface area (Å²) in [4.78, 5) is 26.0. The Morgan fingerprint density at radius 1 is 1.26 bits per heavy atom. The molecule has 0 radical (unpaired) electrons. The van der Waals surface area contributed by atoms with Crippen LogP contribution < -0.4 is 9.64 Å². The molecule has 0 N–H and O–H groups in total. The summed E-state index contributed by atoms with van der Waals surface area (Å²) in [6.45, 7) is 10.6. The quantitative estimate of drug-likeness (QED) is 0.539. The number of anilines is 1. The van der Waals surface area contributed by atoms with Crippen molar-refractivity contribution >= 4 is 23.3 Å². The van der Waals surface area contributed by atoms with E-state index in [1.807, 2.05) is 36.1 Å². The first-order valence-corrected chi connectivity index (χ1v) is 11.6. The molecule has 1 aromatic heterocycles. The number of piperazine rings is 1. The number of amides is 1. The van der Waals surface area contributed by atoms with Gasteiger partial charge in [-0.1, -0.05) is 44.4 Å². The highest BCUT2D eigenvalue weighted by Gasteiger charge is 2.31. The first-order chi connectivity index (χ1) is 14.9. The Hall–Kier alpha value is -2.34. The van der Waals surface area contributed by atoms with Gasteiger partial charge in [0.25, 0.3) is 0 Å². The van der Waals surface area contributed by atoms with Crippen LogP contribution in [0, 0.1) is 12.8 Å². The lowest BCUT2D eigenvalue weighted by Crippen LogP contribution is -2.55. The van der Waals surface area contributed by atoms with E-state index in [-0.39, 0.29) is 12.0 Å². The molecule has 1 fully saturated rings. The Morgan fingerprint density at radius 3 is 2.77 bits per heavy atom. The molecule has 0 aliphatic carbocycles. The van der Waals surface area contributed by atoms with Crippen molar-refractivity contribution in [3.05, 3.63) is 41.2 Å². The number of aryl methyl sites for hydroxylation is 1. The van der Waals surface area contributed by atoms with Gasteiger partial charge in [0.15, 0.2) is 0 Å². The summed E-state index contributed by atoms with van der Waals surface area (Å²) < 4.78 is 5.92. The molecule has 2 atom stereocenters. The van der Waals surface area contributed by atoms with E-state index in [0.717, 1.165) is 50.2 Å². The Kier molecular flexibility index (Phi) is 8.13. The summed E-state index contributed by atoms with van der Waals surface area (Å²) in [5, 5.41) is 0.542. The fourth-order valence-electron chi connectivity index (χ4n) is 4.04. The van der Waals surface area contributed by atoms with Crippen molar-refractivity contribution in [3.63, 3.8) is 0 Å². The number of carbonyl (C=O) groups is 1. The fraction of sp³-hybridized carbons (Fsp3) is 0.542. The van der Waals surface area contributed by atoms with Crippen LogP contribution in [0.15, 0.2) is 30.6 Å². The second-order valence-electron chi connectivity index (χ2n) is 8.32. The van der Waals surface area contributed by atoms with Gasteiger partial charge in [-0.25, -0.2) is 9.97 Å². The zero-order valence-corrected chi connectivity index (χ0v) is 19.7. The molecule has 2 aromatic rings. The predicted molar refractivity (Wildman–Crippen MR) is 125 cm³/mol. The highest BCUT2D eigenvalue weighted by Crippen LogP contribution is 2.30. The zero-order chi connectivity index (χ0) is 22.4. The number of benzene rings is 1. The molecule has 2 heterocycles. The standard InChI is InChI=1S/C24H33ClN4O2/c1-5-7-8-19(6-2)24(30)29-12-11-28(15-18(29)4)22-14-23(27-16-26-22)31-21-13-17(3)9-10-20(21)25/h9-10,13-14,16,18-19H,5-8,11-12,15H2,1-4H3/t18-,19+/m1/s1. The van der Waals surface area contributed by atoms with Gasteiger partial charge >= 0.3 is 0 Å². The van der Waals surface area contributed by atoms with Gasteiger partial charge in [0.2, 0.25) is 11.8 Å². The number of hydrogen-bond acceptors (Lipinski definition) is 5. The van der Waals surface area contributed by atoms with Crippen LogP contribution in [0.2, 0.25) is 5.02 Å². The van der Waals surface area contributed by atoms with Crippen molar-refractivity contribution in [1.29, 1.82) is 0 Å². The molecule has 1 aromatic carbocycles. The number of nitrogens with zero attached hydrogens (tertiary/aromatic N) is 4. The molecule has 1 aliphatic rings. The summed E-state index contributed by atoms with van der Waals surface area (Å²) in [6, 6.07) is 7.60. The van der Waals surface area contributed by atoms with Gasteiger partial charge in [-0.2, -0.15) is 0 Å². The fourth-order valence-corrected chi connectivity index (χ4v) is 4.20. The predicted octanol–water partition coefficient (Wildman–Crippen LogP) is 5.48. The molecule has 0 unspecified atom stereocenters. The number of hydrogen-bond donors (Lipinski definition) is 0. The second kappa shape index (κ2) is 10.8. The van der Waals surface area contributed by atoms with Gasteiger partial charge in [0.1, 0.15) is 17.9 Å². The average molecular weight is 445 g/mol. The smallest absolute Gasteiger partial charge is 0.226 e. The summed E-state index contributed by atoms with van der Waals surface area (Å²) >= 11 is 6.25. The van der Waals surface area contributed by atoms with Gasteiger partial charge in [-0.15, -0.1) is 0 Å². The van der Waals surface area contributed by atoms with E-state index in [1.54, 1.807) is 0 Å². The SMILES string of the molecule is CCCC[C@H](CC)C(=O)N1CCN(c2cc(Oc3cc(C)ccc3Cl)ncn2)C[C@H]1C. The molecule has 31 heavy (non-hydrogen) atoms. The first-order valence-electron chi connectivity index (χ1n) is 11.2. The number of halogens is 1. The molecule has 1 saturated heterocycles. The van der Waals surface area contributed by atoms with Crippen LogP contribution in [0.3, 0.4) is 0 Å². The summed E-state index contributed by atoms with van der Waals surface area (Å²) in [5.41, 5.74) is 1.06. The van der Waals surface area contributed by atoms with Crippen LogP contribution in [0.25, 0.3) is 0 Å².